The SMILES string of the molecule is CC1CCN(C(=CC=C(C#N)C#N)c2ccc(Cl)cc2)CC1. The van der Waals surface area contributed by atoms with Gasteiger partial charge in [0.25, 0.3) is 0 Å². The fraction of sp³-hybridized carbons (Fsp3) is 0.333. The molecule has 1 heterocycles. The molecule has 1 aliphatic rings. The van der Waals surface area contributed by atoms with Crippen LogP contribution in [0.5, 0.6) is 0 Å². The Kier molecular flexibility index (Phi) is 5.64. The van der Waals surface area contributed by atoms with E-state index >= 15 is 0 Å². The highest BCUT2D eigenvalue weighted by Gasteiger charge is 2.18. The zero-order valence-electron chi connectivity index (χ0n) is 12.6. The first-order valence-corrected chi connectivity index (χ1v) is 7.75. The van der Waals surface area contributed by atoms with E-state index in [9.17, 15) is 0 Å². The second-order valence-corrected chi connectivity index (χ2v) is 5.97. The maximum Gasteiger partial charge on any atom is 0.129 e. The number of allylic oxidation sites excluding steroid dienone is 3. The van der Waals surface area contributed by atoms with Crippen LogP contribution >= 0.6 is 11.6 Å². The Morgan fingerprint density at radius 3 is 2.27 bits per heavy atom. The van der Waals surface area contributed by atoms with E-state index < -0.39 is 0 Å². The fourth-order valence-corrected chi connectivity index (χ4v) is 2.64. The summed E-state index contributed by atoms with van der Waals surface area (Å²) in [5, 5.41) is 18.5. The molecule has 1 aromatic rings. The van der Waals surface area contributed by atoms with Gasteiger partial charge in [0.1, 0.15) is 17.7 Å². The van der Waals surface area contributed by atoms with Gasteiger partial charge in [-0.15, -0.1) is 0 Å². The largest absolute Gasteiger partial charge is 0.371 e. The molecule has 22 heavy (non-hydrogen) atoms. The number of hydrogen-bond acceptors (Lipinski definition) is 3. The zero-order valence-corrected chi connectivity index (χ0v) is 13.3. The minimum absolute atomic E-state index is 0.108. The molecular weight excluding hydrogens is 294 g/mol. The quantitative estimate of drug-likeness (QED) is 0.614. The van der Waals surface area contributed by atoms with Gasteiger partial charge in [-0.25, -0.2) is 0 Å². The monoisotopic (exact) mass is 311 g/mol. The van der Waals surface area contributed by atoms with Crippen molar-refractivity contribution in [2.45, 2.75) is 19.8 Å². The highest BCUT2D eigenvalue weighted by atomic mass is 35.5. The van der Waals surface area contributed by atoms with Crippen LogP contribution in [0, 0.1) is 28.6 Å². The van der Waals surface area contributed by atoms with Crippen molar-refractivity contribution in [1.29, 1.82) is 10.5 Å². The van der Waals surface area contributed by atoms with E-state index in [2.05, 4.69) is 11.8 Å². The predicted molar refractivity (Wildman–Crippen MR) is 88.7 cm³/mol. The number of hydrogen-bond donors (Lipinski definition) is 0. The molecule has 4 heteroatoms. The lowest BCUT2D eigenvalue weighted by molar-refractivity contribution is 0.268. The highest BCUT2D eigenvalue weighted by molar-refractivity contribution is 6.30. The van der Waals surface area contributed by atoms with Crippen LogP contribution in [0.1, 0.15) is 25.3 Å². The fourth-order valence-electron chi connectivity index (χ4n) is 2.52. The van der Waals surface area contributed by atoms with Gasteiger partial charge in [-0.05, 0) is 48.6 Å². The van der Waals surface area contributed by atoms with E-state index in [0.717, 1.165) is 43.1 Å². The van der Waals surface area contributed by atoms with E-state index in [0.29, 0.717) is 5.02 Å². The molecule has 2 rings (SSSR count). The molecule has 0 spiro atoms. The average Bonchev–Trinajstić information content (AvgIpc) is 2.54. The third kappa shape index (κ3) is 4.13. The molecular formula is C18H18ClN3. The number of benzene rings is 1. The van der Waals surface area contributed by atoms with Crippen molar-refractivity contribution >= 4 is 17.3 Å². The van der Waals surface area contributed by atoms with Gasteiger partial charge in [0.05, 0.1) is 0 Å². The van der Waals surface area contributed by atoms with Crippen LogP contribution in [0.2, 0.25) is 5.02 Å². The standard InChI is InChI=1S/C18H18ClN3/c1-14-8-10-22(11-9-14)18(7-2-15(12-20)13-21)16-3-5-17(19)6-4-16/h2-7,14H,8-11H2,1H3. The Labute approximate surface area is 136 Å². The molecule has 0 saturated carbocycles. The van der Waals surface area contributed by atoms with Crippen molar-refractivity contribution in [2.24, 2.45) is 5.92 Å². The van der Waals surface area contributed by atoms with Gasteiger partial charge >= 0.3 is 0 Å². The second-order valence-electron chi connectivity index (χ2n) is 5.53. The van der Waals surface area contributed by atoms with E-state index in [1.165, 1.54) is 0 Å². The topological polar surface area (TPSA) is 50.8 Å². The molecule has 1 aromatic carbocycles. The first-order valence-electron chi connectivity index (χ1n) is 7.37. The highest BCUT2D eigenvalue weighted by Crippen LogP contribution is 2.27. The Bertz CT molecular complexity index is 635. The van der Waals surface area contributed by atoms with Crippen LogP contribution < -0.4 is 0 Å². The van der Waals surface area contributed by atoms with Crippen LogP contribution in [0.4, 0.5) is 0 Å². The third-order valence-electron chi connectivity index (χ3n) is 3.91. The van der Waals surface area contributed by atoms with Crippen LogP contribution in [0.3, 0.4) is 0 Å². The Hall–Kier alpha value is -2.23. The number of piperidine rings is 1. The molecule has 0 atom stereocenters. The first kappa shape index (κ1) is 16.1. The molecule has 0 radical (unpaired) electrons. The van der Waals surface area contributed by atoms with Crippen LogP contribution in [-0.2, 0) is 0 Å². The summed E-state index contributed by atoms with van der Waals surface area (Å²) in [5.74, 6) is 0.743. The molecule has 0 unspecified atom stereocenters. The molecule has 0 amide bonds. The first-order chi connectivity index (χ1) is 10.6. The second kappa shape index (κ2) is 7.69. The smallest absolute Gasteiger partial charge is 0.129 e. The van der Waals surface area contributed by atoms with Gasteiger partial charge in [-0.2, -0.15) is 10.5 Å². The summed E-state index contributed by atoms with van der Waals surface area (Å²) in [6.45, 7) is 4.24. The average molecular weight is 312 g/mol. The molecule has 1 fully saturated rings. The van der Waals surface area contributed by atoms with E-state index in [1.54, 1.807) is 6.08 Å². The minimum atomic E-state index is 0.108. The Balaban J connectivity index is 2.35. The summed E-state index contributed by atoms with van der Waals surface area (Å²) in [6, 6.07) is 11.4. The molecule has 3 nitrogen and oxygen atoms in total. The van der Waals surface area contributed by atoms with E-state index in [-0.39, 0.29) is 5.57 Å². The molecule has 0 N–H and O–H groups in total. The number of nitriles is 2. The van der Waals surface area contributed by atoms with Crippen LogP contribution in [0.25, 0.3) is 5.70 Å². The summed E-state index contributed by atoms with van der Waals surface area (Å²) in [5.41, 5.74) is 2.19. The van der Waals surface area contributed by atoms with E-state index in [4.69, 9.17) is 22.1 Å². The Morgan fingerprint density at radius 2 is 1.73 bits per heavy atom. The summed E-state index contributed by atoms with van der Waals surface area (Å²) in [6.07, 6.45) is 5.75. The van der Waals surface area contributed by atoms with Crippen molar-refractivity contribution in [3.05, 3.63) is 52.6 Å². The van der Waals surface area contributed by atoms with Gasteiger partial charge in [-0.3, -0.25) is 0 Å². The number of halogens is 1. The lowest BCUT2D eigenvalue weighted by Gasteiger charge is -2.34. The maximum atomic E-state index is 8.89. The van der Waals surface area contributed by atoms with Crippen molar-refractivity contribution < 1.29 is 0 Å². The van der Waals surface area contributed by atoms with Crippen molar-refractivity contribution in [1.82, 2.24) is 4.90 Å². The van der Waals surface area contributed by atoms with Crippen LogP contribution in [0.15, 0.2) is 42.0 Å². The number of nitrogens with zero attached hydrogens (tertiary/aromatic N) is 3. The van der Waals surface area contributed by atoms with Crippen molar-refractivity contribution in [2.75, 3.05) is 13.1 Å². The summed E-state index contributed by atoms with van der Waals surface area (Å²) >= 11 is 5.96. The molecule has 1 aliphatic heterocycles. The molecule has 0 aromatic heterocycles. The molecule has 0 bridgehead atoms. The lowest BCUT2D eigenvalue weighted by atomic mass is 9.97. The zero-order chi connectivity index (χ0) is 15.9. The van der Waals surface area contributed by atoms with E-state index in [1.807, 2.05) is 42.5 Å². The summed E-state index contributed by atoms with van der Waals surface area (Å²) in [7, 11) is 0. The maximum absolute atomic E-state index is 8.89. The number of rotatable bonds is 3. The van der Waals surface area contributed by atoms with Gasteiger partial charge in [0.15, 0.2) is 0 Å². The summed E-state index contributed by atoms with van der Waals surface area (Å²) in [4.78, 5) is 2.31. The third-order valence-corrected chi connectivity index (χ3v) is 4.17. The Morgan fingerprint density at radius 1 is 1.14 bits per heavy atom. The van der Waals surface area contributed by atoms with Crippen LogP contribution in [-0.4, -0.2) is 18.0 Å². The van der Waals surface area contributed by atoms with Gasteiger partial charge < -0.3 is 4.90 Å². The van der Waals surface area contributed by atoms with Gasteiger partial charge in [-0.1, -0.05) is 30.7 Å². The normalized spacial score (nSPS) is 15.8. The van der Waals surface area contributed by atoms with Gasteiger partial charge in [0, 0.05) is 23.8 Å². The van der Waals surface area contributed by atoms with Crippen molar-refractivity contribution in [3.8, 4) is 12.1 Å². The van der Waals surface area contributed by atoms with Gasteiger partial charge in [0.2, 0.25) is 0 Å². The van der Waals surface area contributed by atoms with Crippen molar-refractivity contribution in [3.63, 3.8) is 0 Å². The molecule has 1 saturated heterocycles. The minimum Gasteiger partial charge on any atom is -0.371 e. The molecule has 112 valence electrons. The molecule has 0 aliphatic carbocycles. The lowest BCUT2D eigenvalue weighted by Crippen LogP contribution is -2.31. The predicted octanol–water partition coefficient (Wildman–Crippen LogP) is 4.39. The number of likely N-dealkylation sites (tertiary alicyclic amines) is 1. The summed E-state index contributed by atoms with van der Waals surface area (Å²) < 4.78 is 0.